The normalized spacial score (nSPS) is 10.8. The molecule has 1 amide bonds. The van der Waals surface area contributed by atoms with Crippen molar-refractivity contribution in [3.8, 4) is 0 Å². The van der Waals surface area contributed by atoms with E-state index in [0.29, 0.717) is 5.56 Å². The first kappa shape index (κ1) is 14.4. The van der Waals surface area contributed by atoms with Gasteiger partial charge in [0.2, 0.25) is 0 Å². The summed E-state index contributed by atoms with van der Waals surface area (Å²) in [5.41, 5.74) is 2.71. The number of nitrogens with one attached hydrogen (secondary N) is 1. The molecule has 3 heteroatoms. The second-order valence-electron chi connectivity index (χ2n) is 5.46. The van der Waals surface area contributed by atoms with Crippen LogP contribution in [0.1, 0.15) is 30.1 Å². The van der Waals surface area contributed by atoms with Gasteiger partial charge in [-0.05, 0) is 42.8 Å². The van der Waals surface area contributed by atoms with E-state index >= 15 is 0 Å². The van der Waals surface area contributed by atoms with Crippen LogP contribution >= 0.6 is 0 Å². The summed E-state index contributed by atoms with van der Waals surface area (Å²) in [6.45, 7) is 3.23. The lowest BCUT2D eigenvalue weighted by atomic mass is 10.2. The van der Waals surface area contributed by atoms with E-state index in [1.165, 1.54) is 18.4 Å². The van der Waals surface area contributed by atoms with Crippen LogP contribution in [0, 0.1) is 0 Å². The number of carbonyl (C=O) groups is 1. The number of fused-ring (bicyclic) bond motifs is 1. The zero-order valence-electron chi connectivity index (χ0n) is 12.8. The summed E-state index contributed by atoms with van der Waals surface area (Å²) in [7, 11) is 0. The van der Waals surface area contributed by atoms with E-state index in [0.717, 1.165) is 17.6 Å². The third-order valence-electron chi connectivity index (χ3n) is 3.82. The van der Waals surface area contributed by atoms with Gasteiger partial charge < -0.3 is 9.88 Å². The van der Waals surface area contributed by atoms with Crippen molar-refractivity contribution in [1.82, 2.24) is 4.57 Å². The second-order valence-corrected chi connectivity index (χ2v) is 5.46. The Hall–Kier alpha value is -2.55. The molecule has 0 atom stereocenters. The summed E-state index contributed by atoms with van der Waals surface area (Å²) in [5, 5.41) is 4.11. The summed E-state index contributed by atoms with van der Waals surface area (Å²) in [5.74, 6) is -0.0784. The largest absolute Gasteiger partial charge is 0.347 e. The van der Waals surface area contributed by atoms with Gasteiger partial charge >= 0.3 is 0 Å². The van der Waals surface area contributed by atoms with Gasteiger partial charge in [-0.1, -0.05) is 31.5 Å². The highest BCUT2D eigenvalue weighted by atomic mass is 16.1. The fourth-order valence-corrected chi connectivity index (χ4v) is 2.59. The maximum Gasteiger partial charge on any atom is 0.255 e. The van der Waals surface area contributed by atoms with E-state index in [2.05, 4.69) is 35.1 Å². The van der Waals surface area contributed by atoms with Crippen LogP contribution in [0.5, 0.6) is 0 Å². The zero-order chi connectivity index (χ0) is 15.4. The summed E-state index contributed by atoms with van der Waals surface area (Å²) in [6, 6.07) is 17.4. The van der Waals surface area contributed by atoms with Gasteiger partial charge in [-0.3, -0.25) is 4.79 Å². The lowest BCUT2D eigenvalue weighted by molar-refractivity contribution is 0.102. The van der Waals surface area contributed by atoms with Crippen LogP contribution in [0.15, 0.2) is 60.8 Å². The van der Waals surface area contributed by atoms with Gasteiger partial charge in [0.1, 0.15) is 0 Å². The minimum absolute atomic E-state index is 0.0784. The summed E-state index contributed by atoms with van der Waals surface area (Å²) < 4.78 is 2.27. The quantitative estimate of drug-likeness (QED) is 0.727. The van der Waals surface area contributed by atoms with E-state index in [4.69, 9.17) is 0 Å². The first-order valence-electron chi connectivity index (χ1n) is 7.73. The van der Waals surface area contributed by atoms with Crippen molar-refractivity contribution in [1.29, 1.82) is 0 Å². The van der Waals surface area contributed by atoms with Crippen molar-refractivity contribution in [3.05, 3.63) is 66.4 Å². The highest BCUT2D eigenvalue weighted by molar-refractivity contribution is 6.05. The molecule has 0 aliphatic heterocycles. The highest BCUT2D eigenvalue weighted by Crippen LogP contribution is 2.21. The first-order chi connectivity index (χ1) is 10.8. The average molecular weight is 292 g/mol. The molecule has 22 heavy (non-hydrogen) atoms. The van der Waals surface area contributed by atoms with Gasteiger partial charge in [-0.15, -0.1) is 0 Å². The van der Waals surface area contributed by atoms with Gasteiger partial charge in [0, 0.05) is 34.9 Å². The number of amides is 1. The van der Waals surface area contributed by atoms with Crippen LogP contribution in [-0.4, -0.2) is 10.5 Å². The number of unbranched alkanes of at least 4 members (excludes halogenated alkanes) is 1. The van der Waals surface area contributed by atoms with Crippen LogP contribution in [0.25, 0.3) is 10.9 Å². The number of rotatable bonds is 5. The number of aryl methyl sites for hydroxylation is 1. The predicted molar refractivity (Wildman–Crippen MR) is 91.2 cm³/mol. The summed E-state index contributed by atoms with van der Waals surface area (Å²) in [4.78, 5) is 12.2. The van der Waals surface area contributed by atoms with E-state index in [1.807, 2.05) is 42.5 Å². The van der Waals surface area contributed by atoms with Gasteiger partial charge in [0.05, 0.1) is 0 Å². The number of benzene rings is 2. The fraction of sp³-hybridized carbons (Fsp3) is 0.211. The van der Waals surface area contributed by atoms with Crippen molar-refractivity contribution < 1.29 is 4.79 Å². The molecule has 1 heterocycles. The molecule has 0 bridgehead atoms. The van der Waals surface area contributed by atoms with Crippen LogP contribution in [0.4, 0.5) is 5.69 Å². The molecule has 3 aromatic rings. The monoisotopic (exact) mass is 292 g/mol. The summed E-state index contributed by atoms with van der Waals surface area (Å²) >= 11 is 0. The van der Waals surface area contributed by atoms with E-state index in [-0.39, 0.29) is 5.91 Å². The standard InChI is InChI=1S/C19H20N2O/c1-2-3-12-21-13-11-16-14-17(9-10-18(16)21)20-19(22)15-7-5-4-6-8-15/h4-11,13-14H,2-3,12H2,1H3,(H,20,22). The Morgan fingerprint density at radius 1 is 1.09 bits per heavy atom. The number of hydrogen-bond donors (Lipinski definition) is 1. The molecule has 0 saturated heterocycles. The minimum atomic E-state index is -0.0784. The molecule has 3 rings (SSSR count). The molecule has 0 spiro atoms. The smallest absolute Gasteiger partial charge is 0.255 e. The topological polar surface area (TPSA) is 34.0 Å². The van der Waals surface area contributed by atoms with Crippen molar-refractivity contribution in [2.75, 3.05) is 5.32 Å². The number of hydrogen-bond acceptors (Lipinski definition) is 1. The molecule has 0 radical (unpaired) electrons. The Labute approximate surface area is 130 Å². The van der Waals surface area contributed by atoms with Crippen molar-refractivity contribution in [2.45, 2.75) is 26.3 Å². The second kappa shape index (κ2) is 6.48. The molecule has 1 N–H and O–H groups in total. The zero-order valence-corrected chi connectivity index (χ0v) is 12.8. The number of nitrogens with zero attached hydrogens (tertiary/aromatic N) is 1. The molecule has 0 aliphatic rings. The van der Waals surface area contributed by atoms with Crippen molar-refractivity contribution in [3.63, 3.8) is 0 Å². The van der Waals surface area contributed by atoms with Crippen molar-refractivity contribution in [2.24, 2.45) is 0 Å². The Kier molecular flexibility index (Phi) is 4.24. The molecule has 2 aromatic carbocycles. The maximum absolute atomic E-state index is 12.2. The molecule has 0 aliphatic carbocycles. The Balaban J connectivity index is 1.79. The fourth-order valence-electron chi connectivity index (χ4n) is 2.59. The van der Waals surface area contributed by atoms with Crippen LogP contribution in [0.3, 0.4) is 0 Å². The van der Waals surface area contributed by atoms with Crippen LogP contribution in [0.2, 0.25) is 0 Å². The molecular weight excluding hydrogens is 272 g/mol. The van der Waals surface area contributed by atoms with Gasteiger partial charge in [-0.2, -0.15) is 0 Å². The molecular formula is C19H20N2O. The summed E-state index contributed by atoms with van der Waals surface area (Å²) in [6.07, 6.45) is 4.48. The predicted octanol–water partition coefficient (Wildman–Crippen LogP) is 4.69. The molecule has 112 valence electrons. The maximum atomic E-state index is 12.2. The van der Waals surface area contributed by atoms with E-state index < -0.39 is 0 Å². The number of aromatic nitrogens is 1. The van der Waals surface area contributed by atoms with E-state index in [1.54, 1.807) is 0 Å². The Morgan fingerprint density at radius 3 is 2.68 bits per heavy atom. The minimum Gasteiger partial charge on any atom is -0.347 e. The lowest BCUT2D eigenvalue weighted by Gasteiger charge is -2.07. The Bertz CT molecular complexity index is 774. The molecule has 3 nitrogen and oxygen atoms in total. The van der Waals surface area contributed by atoms with Crippen LogP contribution in [-0.2, 0) is 6.54 Å². The average Bonchev–Trinajstić information content (AvgIpc) is 2.96. The SMILES string of the molecule is CCCCn1ccc2cc(NC(=O)c3ccccc3)ccc21. The van der Waals surface area contributed by atoms with Gasteiger partial charge in [-0.25, -0.2) is 0 Å². The highest BCUT2D eigenvalue weighted by Gasteiger charge is 2.07. The molecule has 0 fully saturated rings. The third-order valence-corrected chi connectivity index (χ3v) is 3.82. The van der Waals surface area contributed by atoms with E-state index in [9.17, 15) is 4.79 Å². The molecule has 0 unspecified atom stereocenters. The molecule has 0 saturated carbocycles. The Morgan fingerprint density at radius 2 is 1.91 bits per heavy atom. The molecule has 1 aromatic heterocycles. The number of anilines is 1. The third kappa shape index (κ3) is 3.03. The van der Waals surface area contributed by atoms with Crippen molar-refractivity contribution >= 4 is 22.5 Å². The van der Waals surface area contributed by atoms with Gasteiger partial charge in [0.25, 0.3) is 5.91 Å². The lowest BCUT2D eigenvalue weighted by Crippen LogP contribution is -2.11. The van der Waals surface area contributed by atoms with Gasteiger partial charge in [0.15, 0.2) is 0 Å². The first-order valence-corrected chi connectivity index (χ1v) is 7.73. The van der Waals surface area contributed by atoms with Crippen LogP contribution < -0.4 is 5.32 Å². The number of carbonyl (C=O) groups excluding carboxylic acids is 1.